The smallest absolute Gasteiger partial charge is 0.294 e. The van der Waals surface area contributed by atoms with Crippen molar-refractivity contribution >= 4 is 39.6 Å². The Bertz CT molecular complexity index is 992. The molecule has 2 rings (SSSR count). The molecule has 0 aliphatic rings. The number of hydrogen-bond donors (Lipinski definition) is 4. The Morgan fingerprint density at radius 1 is 1.29 bits per heavy atom. The topological polar surface area (TPSA) is 181 Å². The summed E-state index contributed by atoms with van der Waals surface area (Å²) >= 11 is 5.62. The number of nitro benzene ring substituents is 1. The fraction of sp³-hybridized carbons (Fsp3) is 0.0667. The maximum Gasteiger partial charge on any atom is 0.294 e. The van der Waals surface area contributed by atoms with E-state index in [0.29, 0.717) is 5.56 Å². The van der Waals surface area contributed by atoms with Gasteiger partial charge in [0.15, 0.2) is 0 Å². The van der Waals surface area contributed by atoms with Gasteiger partial charge in [0, 0.05) is 11.6 Å². The molecule has 2 aromatic carbocycles. The molecule has 0 spiro atoms. The van der Waals surface area contributed by atoms with E-state index in [4.69, 9.17) is 27.1 Å². The molecule has 0 saturated heterocycles. The second-order valence-electron chi connectivity index (χ2n) is 5.10. The Labute approximate surface area is 165 Å². The number of benzene rings is 2. The molecule has 13 heteroatoms. The first-order valence-electron chi connectivity index (χ1n) is 7.29. The molecule has 11 nitrogen and oxygen atoms in total. The molecular weight excluding hydrogens is 414 g/mol. The molecular formula is C15H16ClN5O6S. The van der Waals surface area contributed by atoms with Crippen LogP contribution < -0.4 is 11.2 Å². The van der Waals surface area contributed by atoms with Crippen LogP contribution in [0.3, 0.4) is 0 Å². The molecule has 0 amide bonds. The van der Waals surface area contributed by atoms with Crippen molar-refractivity contribution in [2.75, 3.05) is 0 Å². The lowest BCUT2D eigenvalue weighted by Gasteiger charge is -1.96. The second kappa shape index (κ2) is 10.3. The van der Waals surface area contributed by atoms with Gasteiger partial charge in [-0.05, 0) is 25.1 Å². The third-order valence-electron chi connectivity index (χ3n) is 2.97. The molecule has 0 unspecified atom stereocenters. The van der Waals surface area contributed by atoms with Gasteiger partial charge in [0.05, 0.1) is 16.0 Å². The minimum absolute atomic E-state index is 0.0344. The molecule has 0 aliphatic heterocycles. The first kappa shape index (κ1) is 23.0. The van der Waals surface area contributed by atoms with E-state index in [1.54, 1.807) is 17.6 Å². The number of nitrogens with one attached hydrogen (secondary N) is 1. The third-order valence-corrected chi connectivity index (χ3v) is 4.16. The van der Waals surface area contributed by atoms with Crippen LogP contribution in [-0.2, 0) is 10.1 Å². The SMILES string of the molecule is Cc1ccc(S(=O)(=O)O)cc1.NC(=NN=Cc1ccc(Cl)c([N+](=O)[O-])c1)NO. The molecule has 0 saturated carbocycles. The van der Waals surface area contributed by atoms with Crippen molar-refractivity contribution in [3.63, 3.8) is 0 Å². The van der Waals surface area contributed by atoms with Crippen molar-refractivity contribution < 1.29 is 23.1 Å². The predicted octanol–water partition coefficient (Wildman–Crippen LogP) is 2.12. The van der Waals surface area contributed by atoms with E-state index in [2.05, 4.69) is 10.2 Å². The Morgan fingerprint density at radius 2 is 1.89 bits per heavy atom. The monoisotopic (exact) mass is 429 g/mol. The highest BCUT2D eigenvalue weighted by atomic mass is 35.5. The van der Waals surface area contributed by atoms with Crippen LogP contribution in [0.1, 0.15) is 11.1 Å². The van der Waals surface area contributed by atoms with Crippen molar-refractivity contribution in [1.82, 2.24) is 5.48 Å². The summed E-state index contributed by atoms with van der Waals surface area (Å²) in [5.41, 5.74) is 7.81. The Morgan fingerprint density at radius 3 is 2.39 bits per heavy atom. The van der Waals surface area contributed by atoms with E-state index in [-0.39, 0.29) is 21.6 Å². The summed E-state index contributed by atoms with van der Waals surface area (Å²) in [6.07, 6.45) is 1.23. The van der Waals surface area contributed by atoms with E-state index in [1.165, 1.54) is 36.5 Å². The molecule has 0 heterocycles. The zero-order chi connectivity index (χ0) is 21.3. The summed E-state index contributed by atoms with van der Waals surface area (Å²) in [7, 11) is -4.02. The van der Waals surface area contributed by atoms with Gasteiger partial charge in [-0.25, -0.2) is 5.48 Å². The van der Waals surface area contributed by atoms with Crippen molar-refractivity contribution in [1.29, 1.82) is 0 Å². The number of nitrogens with two attached hydrogens (primary N) is 1. The largest absolute Gasteiger partial charge is 0.367 e. The molecule has 0 atom stereocenters. The second-order valence-corrected chi connectivity index (χ2v) is 6.93. The number of aryl methyl sites for hydroxylation is 1. The molecule has 0 aliphatic carbocycles. The van der Waals surface area contributed by atoms with Crippen LogP contribution in [0, 0.1) is 17.0 Å². The van der Waals surface area contributed by atoms with Crippen molar-refractivity contribution in [3.05, 3.63) is 68.7 Å². The molecule has 0 aromatic heterocycles. The van der Waals surface area contributed by atoms with Crippen LogP contribution in [0.4, 0.5) is 5.69 Å². The summed E-state index contributed by atoms with van der Waals surface area (Å²) in [5.74, 6) is -0.301. The summed E-state index contributed by atoms with van der Waals surface area (Å²) in [6, 6.07) is 10.1. The number of guanidine groups is 1. The maximum atomic E-state index is 10.6. The standard InChI is InChI=1S/C8H8ClN5O3.C7H8O3S/c9-6-2-1-5(3-7(6)14(16)17)4-11-12-8(10)13-15;1-6-2-4-7(5-3-6)11(8,9)10/h1-4,15H,(H3,10,12,13);2-5H,1H3,(H,8,9,10). The molecule has 5 N–H and O–H groups in total. The third kappa shape index (κ3) is 7.67. The number of nitro groups is 1. The summed E-state index contributed by atoms with van der Waals surface area (Å²) in [4.78, 5) is 9.92. The fourth-order valence-corrected chi connectivity index (χ4v) is 2.31. The lowest BCUT2D eigenvalue weighted by molar-refractivity contribution is -0.384. The van der Waals surface area contributed by atoms with Crippen LogP contribution in [0.25, 0.3) is 0 Å². The lowest BCUT2D eigenvalue weighted by Crippen LogP contribution is -2.27. The zero-order valence-electron chi connectivity index (χ0n) is 14.4. The van der Waals surface area contributed by atoms with Crippen LogP contribution in [-0.4, -0.2) is 35.3 Å². The van der Waals surface area contributed by atoms with Gasteiger partial charge < -0.3 is 5.73 Å². The van der Waals surface area contributed by atoms with E-state index in [0.717, 1.165) is 5.56 Å². The van der Waals surface area contributed by atoms with Gasteiger partial charge >= 0.3 is 0 Å². The molecule has 0 radical (unpaired) electrons. The van der Waals surface area contributed by atoms with Gasteiger partial charge in [0.25, 0.3) is 15.8 Å². The minimum Gasteiger partial charge on any atom is -0.367 e. The maximum absolute atomic E-state index is 10.6. The highest BCUT2D eigenvalue weighted by molar-refractivity contribution is 7.85. The van der Waals surface area contributed by atoms with Crippen LogP contribution in [0.5, 0.6) is 0 Å². The van der Waals surface area contributed by atoms with Crippen molar-refractivity contribution in [2.45, 2.75) is 11.8 Å². The molecule has 28 heavy (non-hydrogen) atoms. The zero-order valence-corrected chi connectivity index (χ0v) is 15.9. The molecule has 150 valence electrons. The average molecular weight is 430 g/mol. The van der Waals surface area contributed by atoms with Crippen LogP contribution >= 0.6 is 11.6 Å². The minimum atomic E-state index is -4.02. The Hall–Kier alpha value is -3.06. The highest BCUT2D eigenvalue weighted by Gasteiger charge is 2.11. The quantitative estimate of drug-likeness (QED) is 0.187. The van der Waals surface area contributed by atoms with Crippen molar-refractivity contribution in [2.24, 2.45) is 15.9 Å². The Balaban J connectivity index is 0.000000307. The van der Waals surface area contributed by atoms with E-state index < -0.39 is 15.0 Å². The fourth-order valence-electron chi connectivity index (χ4n) is 1.64. The number of rotatable bonds is 4. The molecule has 0 fully saturated rings. The summed E-state index contributed by atoms with van der Waals surface area (Å²) in [5, 5.41) is 25.7. The number of hydrogen-bond acceptors (Lipinski definition) is 7. The van der Waals surface area contributed by atoms with Gasteiger partial charge in [-0.1, -0.05) is 35.4 Å². The van der Waals surface area contributed by atoms with E-state index >= 15 is 0 Å². The van der Waals surface area contributed by atoms with Gasteiger partial charge in [0.2, 0.25) is 5.96 Å². The van der Waals surface area contributed by atoms with E-state index in [1.807, 2.05) is 6.92 Å². The van der Waals surface area contributed by atoms with Crippen LogP contribution in [0.2, 0.25) is 5.02 Å². The van der Waals surface area contributed by atoms with Crippen LogP contribution in [0.15, 0.2) is 57.6 Å². The number of halogens is 1. The first-order valence-corrected chi connectivity index (χ1v) is 9.11. The van der Waals surface area contributed by atoms with Gasteiger partial charge in [0.1, 0.15) is 5.02 Å². The summed E-state index contributed by atoms with van der Waals surface area (Å²) < 4.78 is 29.6. The summed E-state index contributed by atoms with van der Waals surface area (Å²) in [6.45, 7) is 1.84. The lowest BCUT2D eigenvalue weighted by atomic mass is 10.2. The predicted molar refractivity (Wildman–Crippen MR) is 103 cm³/mol. The van der Waals surface area contributed by atoms with Gasteiger partial charge in [-0.2, -0.15) is 13.5 Å². The molecule has 2 aromatic rings. The Kier molecular flexibility index (Phi) is 8.47. The average Bonchev–Trinajstić information content (AvgIpc) is 2.62. The van der Waals surface area contributed by atoms with E-state index in [9.17, 15) is 18.5 Å². The molecule has 0 bridgehead atoms. The highest BCUT2D eigenvalue weighted by Crippen LogP contribution is 2.24. The van der Waals surface area contributed by atoms with Gasteiger partial charge in [-0.3, -0.25) is 19.9 Å². The van der Waals surface area contributed by atoms with Crippen molar-refractivity contribution in [3.8, 4) is 0 Å². The van der Waals surface area contributed by atoms with Gasteiger partial charge in [-0.15, -0.1) is 5.10 Å². The normalized spacial score (nSPS) is 11.6. The number of nitrogens with zero attached hydrogens (tertiary/aromatic N) is 3. The number of hydroxylamine groups is 1. The first-order chi connectivity index (χ1) is 13.0.